The molecule has 3 rings (SSSR count). The van der Waals surface area contributed by atoms with Crippen molar-refractivity contribution in [2.45, 2.75) is 45.6 Å². The second kappa shape index (κ2) is 10.5. The first-order valence-corrected chi connectivity index (χ1v) is 11.4. The van der Waals surface area contributed by atoms with Crippen molar-refractivity contribution in [2.75, 3.05) is 25.0 Å². The molecule has 8 heteroatoms. The maximum Gasteiger partial charge on any atom is 0.341 e. The predicted molar refractivity (Wildman–Crippen MR) is 122 cm³/mol. The van der Waals surface area contributed by atoms with Crippen LogP contribution in [-0.2, 0) is 14.3 Å². The van der Waals surface area contributed by atoms with Crippen LogP contribution in [0.4, 0.5) is 5.00 Å². The summed E-state index contributed by atoms with van der Waals surface area (Å²) in [4.78, 5) is 38.9. The Morgan fingerprint density at radius 2 is 1.97 bits per heavy atom. The number of aryl methyl sites for hydroxylation is 1. The molecular weight excluding hydrogens is 414 g/mol. The van der Waals surface area contributed by atoms with Gasteiger partial charge >= 0.3 is 5.97 Å². The van der Waals surface area contributed by atoms with Gasteiger partial charge in [-0.25, -0.2) is 4.79 Å². The maximum absolute atomic E-state index is 12.8. The summed E-state index contributed by atoms with van der Waals surface area (Å²) in [5.74, 6) is -1.04. The van der Waals surface area contributed by atoms with Gasteiger partial charge in [0.15, 0.2) is 0 Å². The molecule has 0 saturated carbocycles. The molecule has 1 aliphatic rings. The molecule has 0 bridgehead atoms. The van der Waals surface area contributed by atoms with Crippen LogP contribution in [0.25, 0.3) is 11.1 Å². The summed E-state index contributed by atoms with van der Waals surface area (Å²) in [7, 11) is 0. The zero-order valence-corrected chi connectivity index (χ0v) is 18.8. The van der Waals surface area contributed by atoms with Crippen LogP contribution in [0.5, 0.6) is 0 Å². The van der Waals surface area contributed by atoms with E-state index in [1.54, 1.807) is 6.92 Å². The Hall–Kier alpha value is -2.71. The standard InChI is InChI=1S/C23H29N3O4S/c1-3-30-23(29)21-18(16-9-7-15(2)8-10-16)14-31-22(21)25-20(28)13-26-11-5-4-6-17(26)12-19(24)27/h7-10,14,17H,3-6,11-13H2,1-2H3,(H2,24,27)(H,25,28). The van der Waals surface area contributed by atoms with Gasteiger partial charge < -0.3 is 15.8 Å². The van der Waals surface area contributed by atoms with Crippen LogP contribution in [0.15, 0.2) is 29.6 Å². The number of ether oxygens (including phenoxy) is 1. The molecule has 1 aromatic heterocycles. The first-order valence-electron chi connectivity index (χ1n) is 10.6. The quantitative estimate of drug-likeness (QED) is 0.608. The summed E-state index contributed by atoms with van der Waals surface area (Å²) in [5.41, 5.74) is 8.50. The summed E-state index contributed by atoms with van der Waals surface area (Å²) in [5, 5.41) is 5.23. The van der Waals surface area contributed by atoms with Gasteiger partial charge in [-0.2, -0.15) is 0 Å². The number of nitrogens with two attached hydrogens (primary N) is 1. The number of carbonyl (C=O) groups is 3. The van der Waals surface area contributed by atoms with Crippen molar-refractivity contribution in [3.05, 3.63) is 40.8 Å². The lowest BCUT2D eigenvalue weighted by Gasteiger charge is -2.34. The Kier molecular flexibility index (Phi) is 7.81. The van der Waals surface area contributed by atoms with Gasteiger partial charge in [-0.05, 0) is 38.8 Å². The number of primary amides is 1. The van der Waals surface area contributed by atoms with Gasteiger partial charge in [0.05, 0.1) is 13.2 Å². The second-order valence-electron chi connectivity index (χ2n) is 7.78. The number of hydrogen-bond acceptors (Lipinski definition) is 6. The molecular formula is C23H29N3O4S. The van der Waals surface area contributed by atoms with Gasteiger partial charge in [0.2, 0.25) is 11.8 Å². The number of benzene rings is 1. The second-order valence-corrected chi connectivity index (χ2v) is 8.66. The van der Waals surface area contributed by atoms with Crippen LogP contribution in [0, 0.1) is 6.92 Å². The topological polar surface area (TPSA) is 102 Å². The van der Waals surface area contributed by atoms with E-state index >= 15 is 0 Å². The fraction of sp³-hybridized carbons (Fsp3) is 0.435. The van der Waals surface area contributed by atoms with Crippen molar-refractivity contribution in [1.82, 2.24) is 4.90 Å². The van der Waals surface area contributed by atoms with Gasteiger partial charge in [-0.1, -0.05) is 36.2 Å². The van der Waals surface area contributed by atoms with E-state index in [1.165, 1.54) is 11.3 Å². The molecule has 1 unspecified atom stereocenters. The number of piperidine rings is 1. The zero-order valence-electron chi connectivity index (χ0n) is 18.0. The number of amides is 2. The summed E-state index contributed by atoms with van der Waals surface area (Å²) in [6, 6.07) is 7.85. The fourth-order valence-electron chi connectivity index (χ4n) is 3.88. The minimum atomic E-state index is -0.459. The highest BCUT2D eigenvalue weighted by molar-refractivity contribution is 7.15. The smallest absolute Gasteiger partial charge is 0.341 e. The third-order valence-corrected chi connectivity index (χ3v) is 6.31. The van der Waals surface area contributed by atoms with Gasteiger partial charge in [0, 0.05) is 23.4 Å². The van der Waals surface area contributed by atoms with Gasteiger partial charge in [-0.3, -0.25) is 14.5 Å². The van der Waals surface area contributed by atoms with Crippen LogP contribution in [-0.4, -0.2) is 48.4 Å². The number of thiophene rings is 1. The van der Waals surface area contributed by atoms with E-state index < -0.39 is 5.97 Å². The van der Waals surface area contributed by atoms with Gasteiger partial charge in [0.1, 0.15) is 10.6 Å². The van der Waals surface area contributed by atoms with Crippen LogP contribution < -0.4 is 11.1 Å². The molecule has 7 nitrogen and oxygen atoms in total. The molecule has 0 spiro atoms. The Labute approximate surface area is 186 Å². The van der Waals surface area contributed by atoms with Crippen molar-refractivity contribution in [2.24, 2.45) is 5.73 Å². The molecule has 1 atom stereocenters. The summed E-state index contributed by atoms with van der Waals surface area (Å²) in [6.07, 6.45) is 3.10. The Morgan fingerprint density at radius 3 is 2.65 bits per heavy atom. The van der Waals surface area contributed by atoms with Crippen molar-refractivity contribution in [3.63, 3.8) is 0 Å². The number of esters is 1. The van der Waals surface area contributed by atoms with Crippen molar-refractivity contribution in [3.8, 4) is 11.1 Å². The minimum Gasteiger partial charge on any atom is -0.462 e. The number of carbonyl (C=O) groups excluding carboxylic acids is 3. The molecule has 0 radical (unpaired) electrons. The van der Waals surface area contributed by atoms with Crippen molar-refractivity contribution in [1.29, 1.82) is 0 Å². The molecule has 0 aliphatic carbocycles. The lowest BCUT2D eigenvalue weighted by Crippen LogP contribution is -2.45. The normalized spacial score (nSPS) is 16.6. The van der Waals surface area contributed by atoms with E-state index in [9.17, 15) is 14.4 Å². The maximum atomic E-state index is 12.8. The zero-order chi connectivity index (χ0) is 22.4. The van der Waals surface area contributed by atoms with E-state index in [0.29, 0.717) is 10.6 Å². The highest BCUT2D eigenvalue weighted by Crippen LogP contribution is 2.36. The van der Waals surface area contributed by atoms with Crippen LogP contribution in [0.3, 0.4) is 0 Å². The number of nitrogens with one attached hydrogen (secondary N) is 1. The third-order valence-electron chi connectivity index (χ3n) is 5.42. The minimum absolute atomic E-state index is 0.0204. The van der Waals surface area contributed by atoms with Crippen LogP contribution in [0.1, 0.15) is 48.5 Å². The molecule has 2 amide bonds. The SMILES string of the molecule is CCOC(=O)c1c(-c2ccc(C)cc2)csc1NC(=O)CN1CCCCC1CC(N)=O. The number of nitrogens with zero attached hydrogens (tertiary/aromatic N) is 1. The highest BCUT2D eigenvalue weighted by Gasteiger charge is 2.27. The highest BCUT2D eigenvalue weighted by atomic mass is 32.1. The molecule has 1 aliphatic heterocycles. The average molecular weight is 444 g/mol. The number of likely N-dealkylation sites (tertiary alicyclic amines) is 1. The molecule has 3 N–H and O–H groups in total. The van der Waals surface area contributed by atoms with E-state index in [1.807, 2.05) is 41.5 Å². The summed E-state index contributed by atoms with van der Waals surface area (Å²) < 4.78 is 5.26. The fourth-order valence-corrected chi connectivity index (χ4v) is 4.86. The number of anilines is 1. The Balaban J connectivity index is 1.80. The van der Waals surface area contributed by atoms with Gasteiger partial charge in [-0.15, -0.1) is 11.3 Å². The third kappa shape index (κ3) is 5.92. The largest absolute Gasteiger partial charge is 0.462 e. The number of hydrogen-bond donors (Lipinski definition) is 2. The molecule has 166 valence electrons. The van der Waals surface area contributed by atoms with Crippen molar-refractivity contribution < 1.29 is 19.1 Å². The monoisotopic (exact) mass is 443 g/mol. The first-order chi connectivity index (χ1) is 14.9. The number of rotatable bonds is 8. The Bertz CT molecular complexity index is 939. The van der Waals surface area contributed by atoms with Crippen LogP contribution >= 0.6 is 11.3 Å². The molecule has 2 aromatic rings. The molecule has 1 fully saturated rings. The lowest BCUT2D eigenvalue weighted by atomic mass is 9.99. The van der Waals surface area contributed by atoms with E-state index in [2.05, 4.69) is 5.32 Å². The van der Waals surface area contributed by atoms with Gasteiger partial charge in [0.25, 0.3) is 0 Å². The summed E-state index contributed by atoms with van der Waals surface area (Å²) in [6.45, 7) is 4.90. The van der Waals surface area contributed by atoms with Crippen molar-refractivity contribution >= 4 is 34.1 Å². The van der Waals surface area contributed by atoms with E-state index in [-0.39, 0.29) is 37.4 Å². The van der Waals surface area contributed by atoms with E-state index in [0.717, 1.165) is 42.5 Å². The van der Waals surface area contributed by atoms with Crippen LogP contribution in [0.2, 0.25) is 0 Å². The molecule has 1 aromatic carbocycles. The molecule has 2 heterocycles. The Morgan fingerprint density at radius 1 is 1.23 bits per heavy atom. The van der Waals surface area contributed by atoms with E-state index in [4.69, 9.17) is 10.5 Å². The average Bonchev–Trinajstić information content (AvgIpc) is 3.13. The first kappa shape index (κ1) is 23.0. The summed E-state index contributed by atoms with van der Waals surface area (Å²) >= 11 is 1.31. The molecule has 31 heavy (non-hydrogen) atoms. The lowest BCUT2D eigenvalue weighted by molar-refractivity contribution is -0.122. The molecule has 1 saturated heterocycles. The predicted octanol–water partition coefficient (Wildman–Crippen LogP) is 3.57.